The van der Waals surface area contributed by atoms with Gasteiger partial charge in [0.2, 0.25) is 0 Å². The van der Waals surface area contributed by atoms with Gasteiger partial charge in [-0.05, 0) is 23.8 Å². The van der Waals surface area contributed by atoms with Crippen LogP contribution in [0.1, 0.15) is 15.9 Å². The van der Waals surface area contributed by atoms with Crippen LogP contribution in [0.15, 0.2) is 18.2 Å². The Bertz CT molecular complexity index is 490. The SMILES string of the molecule is O=Cc1cc(CO)c2cc(F)sc2c1. The van der Waals surface area contributed by atoms with Gasteiger partial charge in [0, 0.05) is 15.6 Å². The van der Waals surface area contributed by atoms with Crippen LogP contribution in [0.25, 0.3) is 10.1 Å². The second-order valence-corrected chi connectivity index (χ2v) is 3.95. The summed E-state index contributed by atoms with van der Waals surface area (Å²) in [5.74, 6) is 0. The van der Waals surface area contributed by atoms with Gasteiger partial charge in [0.1, 0.15) is 6.29 Å². The first kappa shape index (κ1) is 9.30. The van der Waals surface area contributed by atoms with E-state index in [4.69, 9.17) is 5.11 Å². The van der Waals surface area contributed by atoms with Crippen LogP contribution in [0, 0.1) is 5.13 Å². The number of carbonyl (C=O) groups is 1. The van der Waals surface area contributed by atoms with Gasteiger partial charge in [-0.15, -0.1) is 11.3 Å². The Kier molecular flexibility index (Phi) is 2.31. The molecule has 0 radical (unpaired) electrons. The molecule has 0 atom stereocenters. The monoisotopic (exact) mass is 210 g/mol. The highest BCUT2D eigenvalue weighted by molar-refractivity contribution is 7.17. The van der Waals surface area contributed by atoms with Crippen molar-refractivity contribution in [1.82, 2.24) is 0 Å². The third-order valence-electron chi connectivity index (χ3n) is 2.02. The van der Waals surface area contributed by atoms with E-state index in [1.807, 2.05) is 0 Å². The summed E-state index contributed by atoms with van der Waals surface area (Å²) in [6.45, 7) is -0.186. The highest BCUT2D eigenvalue weighted by Gasteiger charge is 2.07. The van der Waals surface area contributed by atoms with Crippen molar-refractivity contribution in [1.29, 1.82) is 0 Å². The summed E-state index contributed by atoms with van der Waals surface area (Å²) in [7, 11) is 0. The lowest BCUT2D eigenvalue weighted by molar-refractivity contribution is 0.112. The van der Waals surface area contributed by atoms with E-state index in [0.29, 0.717) is 27.5 Å². The molecule has 2 nitrogen and oxygen atoms in total. The Balaban J connectivity index is 2.78. The minimum atomic E-state index is -0.308. The number of benzene rings is 1. The Morgan fingerprint density at radius 1 is 1.43 bits per heavy atom. The van der Waals surface area contributed by atoms with E-state index in [2.05, 4.69) is 0 Å². The van der Waals surface area contributed by atoms with Gasteiger partial charge in [-0.25, -0.2) is 0 Å². The number of aliphatic hydroxyl groups is 1. The van der Waals surface area contributed by atoms with Crippen LogP contribution in [-0.4, -0.2) is 11.4 Å². The zero-order valence-electron chi connectivity index (χ0n) is 7.16. The molecular weight excluding hydrogens is 203 g/mol. The maximum Gasteiger partial charge on any atom is 0.177 e. The Morgan fingerprint density at radius 3 is 2.86 bits per heavy atom. The second kappa shape index (κ2) is 3.48. The van der Waals surface area contributed by atoms with E-state index in [1.54, 1.807) is 12.1 Å². The number of halogens is 1. The highest BCUT2D eigenvalue weighted by atomic mass is 32.1. The number of carbonyl (C=O) groups excluding carboxylic acids is 1. The molecule has 1 aromatic carbocycles. The molecule has 2 rings (SSSR count). The number of hydrogen-bond donors (Lipinski definition) is 1. The van der Waals surface area contributed by atoms with Crippen LogP contribution in [0.4, 0.5) is 4.39 Å². The first-order valence-electron chi connectivity index (χ1n) is 4.02. The highest BCUT2D eigenvalue weighted by Crippen LogP contribution is 2.28. The molecule has 14 heavy (non-hydrogen) atoms. The zero-order chi connectivity index (χ0) is 10.1. The van der Waals surface area contributed by atoms with Crippen molar-refractivity contribution < 1.29 is 14.3 Å². The molecule has 1 heterocycles. The van der Waals surface area contributed by atoms with Crippen LogP contribution >= 0.6 is 11.3 Å². The quantitative estimate of drug-likeness (QED) is 0.772. The molecule has 0 saturated heterocycles. The van der Waals surface area contributed by atoms with Crippen molar-refractivity contribution in [2.45, 2.75) is 6.61 Å². The zero-order valence-corrected chi connectivity index (χ0v) is 7.97. The molecule has 0 aliphatic rings. The Morgan fingerprint density at radius 2 is 2.21 bits per heavy atom. The smallest absolute Gasteiger partial charge is 0.177 e. The summed E-state index contributed by atoms with van der Waals surface area (Å²) >= 11 is 0.975. The Hall–Kier alpha value is -1.26. The topological polar surface area (TPSA) is 37.3 Å². The number of fused-ring (bicyclic) bond motifs is 1. The van der Waals surface area contributed by atoms with Crippen LogP contribution in [0.3, 0.4) is 0 Å². The summed E-state index contributed by atoms with van der Waals surface area (Å²) in [5, 5.41) is 9.40. The lowest BCUT2D eigenvalue weighted by Gasteiger charge is -1.99. The molecule has 2 aromatic rings. The number of aliphatic hydroxyl groups excluding tert-OH is 1. The summed E-state index contributed by atoms with van der Waals surface area (Å²) in [6.07, 6.45) is 0.691. The summed E-state index contributed by atoms with van der Waals surface area (Å²) < 4.78 is 13.6. The molecule has 0 spiro atoms. The van der Waals surface area contributed by atoms with E-state index < -0.39 is 0 Å². The van der Waals surface area contributed by atoms with E-state index in [0.717, 1.165) is 11.3 Å². The van der Waals surface area contributed by atoms with Gasteiger partial charge in [0.05, 0.1) is 6.61 Å². The average Bonchev–Trinajstić information content (AvgIpc) is 2.56. The first-order valence-corrected chi connectivity index (χ1v) is 4.84. The van der Waals surface area contributed by atoms with Gasteiger partial charge in [-0.2, -0.15) is 4.39 Å². The third-order valence-corrected chi connectivity index (χ3v) is 2.89. The van der Waals surface area contributed by atoms with Gasteiger partial charge in [-0.3, -0.25) is 4.79 Å². The number of thiophene rings is 1. The van der Waals surface area contributed by atoms with Crippen LogP contribution in [0.5, 0.6) is 0 Å². The predicted octanol–water partition coefficient (Wildman–Crippen LogP) is 2.35. The molecule has 0 aliphatic heterocycles. The Labute approximate surface area is 83.6 Å². The average molecular weight is 210 g/mol. The van der Waals surface area contributed by atoms with Gasteiger partial charge >= 0.3 is 0 Å². The molecule has 0 amide bonds. The van der Waals surface area contributed by atoms with Crippen molar-refractivity contribution in [3.63, 3.8) is 0 Å². The molecular formula is C10H7FO2S. The maximum atomic E-state index is 12.9. The normalized spacial score (nSPS) is 10.7. The molecule has 4 heteroatoms. The van der Waals surface area contributed by atoms with Gasteiger partial charge in [0.15, 0.2) is 5.13 Å². The van der Waals surface area contributed by atoms with Crippen LogP contribution in [0.2, 0.25) is 0 Å². The minimum Gasteiger partial charge on any atom is -0.392 e. The maximum absolute atomic E-state index is 12.9. The molecule has 0 bridgehead atoms. The van der Waals surface area contributed by atoms with Crippen LogP contribution in [-0.2, 0) is 6.61 Å². The second-order valence-electron chi connectivity index (χ2n) is 2.92. The summed E-state index contributed by atoms with van der Waals surface area (Å²) in [5.41, 5.74) is 1.05. The molecule has 0 fully saturated rings. The molecule has 72 valence electrons. The van der Waals surface area contributed by atoms with Crippen molar-refractivity contribution in [3.05, 3.63) is 34.5 Å². The van der Waals surface area contributed by atoms with Gasteiger partial charge in [-0.1, -0.05) is 0 Å². The van der Waals surface area contributed by atoms with Crippen molar-refractivity contribution in [3.8, 4) is 0 Å². The van der Waals surface area contributed by atoms with Crippen molar-refractivity contribution in [2.75, 3.05) is 0 Å². The number of aldehydes is 1. The first-order chi connectivity index (χ1) is 6.74. The fourth-order valence-corrected chi connectivity index (χ4v) is 2.28. The third kappa shape index (κ3) is 1.42. The lowest BCUT2D eigenvalue weighted by Crippen LogP contribution is -1.87. The molecule has 0 saturated carbocycles. The standard InChI is InChI=1S/C10H7FO2S/c11-10-3-8-7(5-13)1-6(4-12)2-9(8)14-10/h1-4,13H,5H2. The van der Waals surface area contributed by atoms with Crippen molar-refractivity contribution >= 4 is 27.7 Å². The van der Waals surface area contributed by atoms with E-state index in [1.165, 1.54) is 6.07 Å². The predicted molar refractivity (Wildman–Crippen MR) is 53.1 cm³/mol. The molecule has 1 aromatic heterocycles. The lowest BCUT2D eigenvalue weighted by atomic mass is 10.1. The van der Waals surface area contributed by atoms with Gasteiger partial charge < -0.3 is 5.11 Å². The fourth-order valence-electron chi connectivity index (χ4n) is 1.40. The summed E-state index contributed by atoms with van der Waals surface area (Å²) in [4.78, 5) is 10.6. The van der Waals surface area contributed by atoms with E-state index in [-0.39, 0.29) is 11.7 Å². The minimum absolute atomic E-state index is 0.186. The van der Waals surface area contributed by atoms with E-state index in [9.17, 15) is 9.18 Å². The molecule has 0 aliphatic carbocycles. The fraction of sp³-hybridized carbons (Fsp3) is 0.100. The number of hydrogen-bond acceptors (Lipinski definition) is 3. The largest absolute Gasteiger partial charge is 0.392 e. The van der Waals surface area contributed by atoms with Crippen LogP contribution < -0.4 is 0 Å². The van der Waals surface area contributed by atoms with Gasteiger partial charge in [0.25, 0.3) is 0 Å². The van der Waals surface area contributed by atoms with E-state index >= 15 is 0 Å². The number of rotatable bonds is 2. The van der Waals surface area contributed by atoms with Crippen molar-refractivity contribution in [2.24, 2.45) is 0 Å². The summed E-state index contributed by atoms with van der Waals surface area (Å²) in [6, 6.07) is 4.57. The molecule has 0 unspecified atom stereocenters. The molecule has 1 N–H and O–H groups in total.